The van der Waals surface area contributed by atoms with E-state index >= 15 is 0 Å². The van der Waals surface area contributed by atoms with Crippen LogP contribution in [0.15, 0.2) is 42.6 Å². The quantitative estimate of drug-likeness (QED) is 0.913. The van der Waals surface area contributed by atoms with Crippen molar-refractivity contribution in [1.82, 2.24) is 4.98 Å². The molecule has 21 heavy (non-hydrogen) atoms. The summed E-state index contributed by atoms with van der Waals surface area (Å²) in [6, 6.07) is 7.64. The number of aromatic nitrogens is 1. The summed E-state index contributed by atoms with van der Waals surface area (Å²) in [6.07, 6.45) is -3.37. The maximum Gasteiger partial charge on any atom is 0.573 e. The van der Waals surface area contributed by atoms with Crippen LogP contribution in [0.1, 0.15) is 10.4 Å². The van der Waals surface area contributed by atoms with Crippen LogP contribution in [-0.4, -0.2) is 17.3 Å². The zero-order chi connectivity index (χ0) is 15.5. The number of hydrogen-bond donors (Lipinski definition) is 2. The average Bonchev–Trinajstić information content (AvgIpc) is 2.39. The Morgan fingerprint density at radius 3 is 2.43 bits per heavy atom. The molecular weight excluding hydrogens is 287 g/mol. The van der Waals surface area contributed by atoms with Crippen LogP contribution in [0, 0.1) is 0 Å². The number of rotatable bonds is 3. The van der Waals surface area contributed by atoms with E-state index in [1.165, 1.54) is 30.5 Å². The van der Waals surface area contributed by atoms with Crippen LogP contribution in [0.4, 0.5) is 24.7 Å². The highest BCUT2D eigenvalue weighted by molar-refractivity contribution is 6.04. The Hall–Kier alpha value is -2.77. The van der Waals surface area contributed by atoms with Crippen LogP contribution in [0.5, 0.6) is 5.75 Å². The van der Waals surface area contributed by atoms with Gasteiger partial charge in [0.25, 0.3) is 5.91 Å². The molecule has 3 N–H and O–H groups in total. The summed E-state index contributed by atoms with van der Waals surface area (Å²) in [7, 11) is 0. The third kappa shape index (κ3) is 4.37. The fourth-order valence-electron chi connectivity index (χ4n) is 1.53. The van der Waals surface area contributed by atoms with E-state index in [0.717, 1.165) is 12.1 Å². The zero-order valence-electron chi connectivity index (χ0n) is 10.5. The number of benzene rings is 1. The molecule has 2 rings (SSSR count). The number of carbonyl (C=O) groups is 1. The number of nitrogens with zero attached hydrogens (tertiary/aromatic N) is 1. The van der Waals surface area contributed by atoms with Gasteiger partial charge in [0.05, 0.1) is 0 Å². The first-order valence-corrected chi connectivity index (χ1v) is 5.72. The Morgan fingerprint density at radius 1 is 1.19 bits per heavy atom. The number of carbonyl (C=O) groups excluding carboxylic acids is 1. The summed E-state index contributed by atoms with van der Waals surface area (Å²) in [5.74, 6) is -0.626. The molecule has 0 spiro atoms. The van der Waals surface area contributed by atoms with E-state index in [9.17, 15) is 18.0 Å². The van der Waals surface area contributed by atoms with Gasteiger partial charge in [-0.3, -0.25) is 4.79 Å². The molecule has 0 aliphatic rings. The molecule has 0 bridgehead atoms. The van der Waals surface area contributed by atoms with E-state index in [2.05, 4.69) is 15.0 Å². The van der Waals surface area contributed by atoms with E-state index < -0.39 is 12.3 Å². The van der Waals surface area contributed by atoms with Gasteiger partial charge in [-0.2, -0.15) is 0 Å². The van der Waals surface area contributed by atoms with Gasteiger partial charge >= 0.3 is 6.36 Å². The van der Waals surface area contributed by atoms with Gasteiger partial charge in [-0.15, -0.1) is 13.2 Å². The largest absolute Gasteiger partial charge is 0.573 e. The molecule has 0 fully saturated rings. The first kappa shape index (κ1) is 14.6. The van der Waals surface area contributed by atoms with Crippen LogP contribution in [0.2, 0.25) is 0 Å². The molecule has 8 heteroatoms. The Balaban J connectivity index is 2.05. The number of pyridine rings is 1. The Morgan fingerprint density at radius 2 is 1.86 bits per heavy atom. The molecule has 1 heterocycles. The van der Waals surface area contributed by atoms with Crippen LogP contribution in [0.25, 0.3) is 0 Å². The summed E-state index contributed by atoms with van der Waals surface area (Å²) >= 11 is 0. The van der Waals surface area contributed by atoms with Gasteiger partial charge in [0, 0.05) is 17.4 Å². The van der Waals surface area contributed by atoms with Crippen molar-refractivity contribution >= 4 is 17.4 Å². The van der Waals surface area contributed by atoms with Crippen molar-refractivity contribution in [3.63, 3.8) is 0 Å². The van der Waals surface area contributed by atoms with E-state index in [4.69, 9.17) is 5.73 Å². The lowest BCUT2D eigenvalue weighted by molar-refractivity contribution is -0.274. The van der Waals surface area contributed by atoms with Gasteiger partial charge in [0.2, 0.25) is 0 Å². The number of nitrogen functional groups attached to an aromatic ring is 1. The summed E-state index contributed by atoms with van der Waals surface area (Å²) in [5.41, 5.74) is 6.07. The summed E-state index contributed by atoms with van der Waals surface area (Å²) in [4.78, 5) is 15.6. The number of halogens is 3. The predicted octanol–water partition coefficient (Wildman–Crippen LogP) is 2.81. The first-order valence-electron chi connectivity index (χ1n) is 5.72. The van der Waals surface area contributed by atoms with Crippen molar-refractivity contribution < 1.29 is 22.7 Å². The summed E-state index contributed by atoms with van der Waals surface area (Å²) in [5, 5.41) is 2.52. The lowest BCUT2D eigenvalue weighted by Gasteiger charge is -2.10. The minimum atomic E-state index is -4.75. The number of ether oxygens (including phenoxy) is 1. The van der Waals surface area contributed by atoms with Crippen molar-refractivity contribution in [3.05, 3.63) is 48.2 Å². The SMILES string of the molecule is Nc1cc(C(=O)Nc2ccc(OC(F)(F)F)cc2)ccn1. The molecule has 1 aromatic heterocycles. The molecular formula is C13H10F3N3O2. The molecule has 0 saturated carbocycles. The molecule has 1 amide bonds. The standard InChI is InChI=1S/C13H10F3N3O2/c14-13(15,16)21-10-3-1-9(2-4-10)19-12(20)8-5-6-18-11(17)7-8/h1-7H,(H2,17,18)(H,19,20). The number of amides is 1. The summed E-state index contributed by atoms with van der Waals surface area (Å²) in [6.45, 7) is 0. The van der Waals surface area contributed by atoms with Gasteiger partial charge in [-0.1, -0.05) is 0 Å². The number of anilines is 2. The number of hydrogen-bond acceptors (Lipinski definition) is 4. The molecule has 110 valence electrons. The first-order chi connectivity index (χ1) is 9.83. The topological polar surface area (TPSA) is 77.2 Å². The van der Waals surface area contributed by atoms with Gasteiger partial charge < -0.3 is 15.8 Å². The van der Waals surface area contributed by atoms with Crippen LogP contribution < -0.4 is 15.8 Å². The normalized spacial score (nSPS) is 11.0. The zero-order valence-corrected chi connectivity index (χ0v) is 10.5. The molecule has 5 nitrogen and oxygen atoms in total. The lowest BCUT2D eigenvalue weighted by atomic mass is 10.2. The van der Waals surface area contributed by atoms with Crippen LogP contribution in [0.3, 0.4) is 0 Å². The minimum Gasteiger partial charge on any atom is -0.406 e. The second kappa shape index (κ2) is 5.70. The van der Waals surface area contributed by atoms with Gasteiger partial charge in [-0.25, -0.2) is 4.98 Å². The third-order valence-electron chi connectivity index (χ3n) is 2.39. The molecule has 1 aromatic carbocycles. The van der Waals surface area contributed by atoms with Crippen molar-refractivity contribution in [2.24, 2.45) is 0 Å². The molecule has 0 radical (unpaired) electrons. The number of nitrogens with one attached hydrogen (secondary N) is 1. The molecule has 0 aliphatic heterocycles. The Kier molecular flexibility index (Phi) is 3.97. The van der Waals surface area contributed by atoms with E-state index in [0.29, 0.717) is 5.69 Å². The fourth-order valence-corrected chi connectivity index (χ4v) is 1.53. The van der Waals surface area contributed by atoms with Gasteiger partial charge in [-0.05, 0) is 36.4 Å². The predicted molar refractivity (Wildman–Crippen MR) is 69.7 cm³/mol. The highest BCUT2D eigenvalue weighted by Crippen LogP contribution is 2.24. The number of alkyl halides is 3. The fraction of sp³-hybridized carbons (Fsp3) is 0.0769. The van der Waals surface area contributed by atoms with E-state index in [1.807, 2.05) is 0 Å². The molecule has 0 unspecified atom stereocenters. The maximum absolute atomic E-state index is 12.0. The van der Waals surface area contributed by atoms with E-state index in [-0.39, 0.29) is 17.1 Å². The lowest BCUT2D eigenvalue weighted by Crippen LogP contribution is -2.17. The Bertz CT molecular complexity index is 642. The second-order valence-electron chi connectivity index (χ2n) is 4.00. The van der Waals surface area contributed by atoms with Crippen molar-refractivity contribution in [2.45, 2.75) is 6.36 Å². The smallest absolute Gasteiger partial charge is 0.406 e. The number of nitrogens with two attached hydrogens (primary N) is 1. The van der Waals surface area contributed by atoms with Gasteiger partial charge in [0.15, 0.2) is 0 Å². The highest BCUT2D eigenvalue weighted by Gasteiger charge is 2.30. The maximum atomic E-state index is 12.0. The van der Waals surface area contributed by atoms with Gasteiger partial charge in [0.1, 0.15) is 11.6 Å². The molecule has 0 saturated heterocycles. The molecule has 0 aliphatic carbocycles. The second-order valence-corrected chi connectivity index (χ2v) is 4.00. The van der Waals surface area contributed by atoms with Crippen molar-refractivity contribution in [1.29, 1.82) is 0 Å². The van der Waals surface area contributed by atoms with Crippen molar-refractivity contribution in [2.75, 3.05) is 11.1 Å². The summed E-state index contributed by atoms with van der Waals surface area (Å²) < 4.78 is 39.7. The molecule has 2 aromatic rings. The monoisotopic (exact) mass is 297 g/mol. The third-order valence-corrected chi connectivity index (χ3v) is 2.39. The Labute approximate surface area is 117 Å². The van der Waals surface area contributed by atoms with Crippen molar-refractivity contribution in [3.8, 4) is 5.75 Å². The molecule has 0 atom stereocenters. The van der Waals surface area contributed by atoms with Crippen LogP contribution in [-0.2, 0) is 0 Å². The average molecular weight is 297 g/mol. The minimum absolute atomic E-state index is 0.191. The highest BCUT2D eigenvalue weighted by atomic mass is 19.4. The van der Waals surface area contributed by atoms with E-state index in [1.54, 1.807) is 0 Å². The van der Waals surface area contributed by atoms with Crippen LogP contribution >= 0.6 is 0 Å².